The van der Waals surface area contributed by atoms with Gasteiger partial charge in [0.05, 0.1) is 48.8 Å². The highest BCUT2D eigenvalue weighted by Gasteiger charge is 2.67. The highest BCUT2D eigenvalue weighted by Crippen LogP contribution is 2.60. The number of fused-ring (bicyclic) bond motifs is 3. The molecule has 0 aliphatic carbocycles. The largest absolute Gasteiger partial charge is 0.394 e. The molecule has 4 heterocycles. The van der Waals surface area contributed by atoms with E-state index in [-0.39, 0.29) is 37.3 Å². The zero-order valence-electron chi connectivity index (χ0n) is 30.8. The SMILES string of the molecule is C[C@H]1[C@H]([Si](C)(C)F)[C@@H](CC(=O)N2Cc3ccccc3C[C@H]2CO)O[C@]12C(=O)N(Cc1ccc(N3N=C(c4ccccc4)CCC3=O)cc1)c1ccccc12. The number of hydrogen-bond acceptors (Lipinski definition) is 6. The molecule has 4 aromatic rings. The van der Waals surface area contributed by atoms with Gasteiger partial charge in [0.2, 0.25) is 20.2 Å². The number of carbonyl (C=O) groups is 3. The summed E-state index contributed by atoms with van der Waals surface area (Å²) in [5.74, 6) is -1.12. The number of rotatable bonds is 8. The number of aliphatic hydroxyl groups excluding tert-OH is 1. The van der Waals surface area contributed by atoms with Gasteiger partial charge in [-0.15, -0.1) is 0 Å². The smallest absolute Gasteiger partial charge is 0.264 e. The molecule has 0 saturated carbocycles. The summed E-state index contributed by atoms with van der Waals surface area (Å²) in [7, 11) is -3.50. The number of para-hydroxylation sites is 1. The number of hydrogen-bond donors (Lipinski definition) is 1. The quantitative estimate of drug-likeness (QED) is 0.157. The summed E-state index contributed by atoms with van der Waals surface area (Å²) in [6, 6.07) is 32.3. The molecule has 4 aliphatic rings. The summed E-state index contributed by atoms with van der Waals surface area (Å²) in [5, 5.41) is 16.4. The van der Waals surface area contributed by atoms with Crippen LogP contribution in [0.2, 0.25) is 18.6 Å². The van der Waals surface area contributed by atoms with Crippen LogP contribution in [0.1, 0.15) is 54.0 Å². The van der Waals surface area contributed by atoms with E-state index in [0.29, 0.717) is 42.7 Å². The summed E-state index contributed by atoms with van der Waals surface area (Å²) in [5.41, 5.74) is 4.72. The van der Waals surface area contributed by atoms with Crippen LogP contribution < -0.4 is 9.91 Å². The first-order valence-corrected chi connectivity index (χ1v) is 21.7. The van der Waals surface area contributed by atoms with E-state index in [1.165, 1.54) is 5.01 Å². The Hall–Kier alpha value is -4.97. The van der Waals surface area contributed by atoms with Crippen LogP contribution in [-0.4, -0.2) is 60.6 Å². The van der Waals surface area contributed by atoms with Gasteiger partial charge in [0.25, 0.3) is 5.91 Å². The lowest BCUT2D eigenvalue weighted by molar-refractivity contribution is -0.151. The summed E-state index contributed by atoms with van der Waals surface area (Å²) in [4.78, 5) is 45.3. The molecule has 1 fully saturated rings. The molecule has 0 bridgehead atoms. The lowest BCUT2D eigenvalue weighted by Crippen LogP contribution is -2.48. The van der Waals surface area contributed by atoms with Crippen molar-refractivity contribution in [2.24, 2.45) is 11.0 Å². The molecule has 1 saturated heterocycles. The molecule has 4 aliphatic heterocycles. The molecule has 1 N–H and O–H groups in total. The van der Waals surface area contributed by atoms with Crippen molar-refractivity contribution < 1.29 is 28.3 Å². The number of ether oxygens (including phenoxy) is 1. The Morgan fingerprint density at radius 1 is 0.926 bits per heavy atom. The van der Waals surface area contributed by atoms with E-state index in [9.17, 15) is 19.5 Å². The Morgan fingerprint density at radius 2 is 1.61 bits per heavy atom. The van der Waals surface area contributed by atoms with Gasteiger partial charge in [0.1, 0.15) is 0 Å². The average Bonchev–Trinajstić information content (AvgIpc) is 3.61. The van der Waals surface area contributed by atoms with Crippen molar-refractivity contribution in [2.75, 3.05) is 16.5 Å². The monoisotopic (exact) mass is 744 g/mol. The highest BCUT2D eigenvalue weighted by atomic mass is 28.4. The van der Waals surface area contributed by atoms with Crippen LogP contribution in [0, 0.1) is 5.92 Å². The summed E-state index contributed by atoms with van der Waals surface area (Å²) < 4.78 is 23.3. The Labute approximate surface area is 316 Å². The number of benzene rings is 4. The zero-order valence-corrected chi connectivity index (χ0v) is 31.8. The molecule has 8 rings (SSSR count). The van der Waals surface area contributed by atoms with E-state index < -0.39 is 37.6 Å². The Balaban J connectivity index is 1.06. The van der Waals surface area contributed by atoms with Gasteiger partial charge in [-0.3, -0.25) is 14.4 Å². The van der Waals surface area contributed by atoms with Crippen LogP contribution in [0.25, 0.3) is 0 Å². The third kappa shape index (κ3) is 6.17. The lowest BCUT2D eigenvalue weighted by Gasteiger charge is -2.37. The Morgan fingerprint density at radius 3 is 2.33 bits per heavy atom. The van der Waals surface area contributed by atoms with Gasteiger partial charge in [0, 0.05) is 36.4 Å². The molecular formula is C43H45FN4O5Si. The molecule has 11 heteroatoms. The maximum Gasteiger partial charge on any atom is 0.264 e. The molecule has 3 amide bonds. The molecule has 5 atom stereocenters. The van der Waals surface area contributed by atoms with E-state index in [0.717, 1.165) is 28.0 Å². The maximum absolute atomic E-state index is 16.5. The predicted octanol–water partition coefficient (Wildman–Crippen LogP) is 6.88. The standard InChI is InChI=1S/C43H45FN4O5Si/c1-28-41(54(2,3)44)38(24-40(51)46-26-32-14-8-7-13-31(32)23-34(46)27-49)53-43(28)35-15-9-10-16-37(35)47(42(43)52)25-29-17-19-33(20-18-29)48-39(50)22-21-36(45-48)30-11-5-4-6-12-30/h4-20,28,34,38,41,49H,21-27H2,1-3H3/t28-,34-,38+,41-,43+/m0/s1. The summed E-state index contributed by atoms with van der Waals surface area (Å²) in [6.45, 7) is 5.56. The minimum Gasteiger partial charge on any atom is -0.394 e. The van der Waals surface area contributed by atoms with Crippen molar-refractivity contribution in [1.29, 1.82) is 0 Å². The molecule has 0 aromatic heterocycles. The van der Waals surface area contributed by atoms with Crippen LogP contribution in [0.5, 0.6) is 0 Å². The Kier molecular flexibility index (Phi) is 9.36. The molecule has 278 valence electrons. The second-order valence-corrected chi connectivity index (χ2v) is 19.3. The first-order valence-electron chi connectivity index (χ1n) is 18.8. The molecule has 4 aromatic carbocycles. The van der Waals surface area contributed by atoms with Gasteiger partial charge in [-0.1, -0.05) is 91.9 Å². The van der Waals surface area contributed by atoms with Crippen molar-refractivity contribution >= 4 is 43.2 Å². The molecule has 1 spiro atoms. The number of nitrogens with zero attached hydrogens (tertiary/aromatic N) is 4. The number of hydrazone groups is 1. The second-order valence-electron chi connectivity index (χ2n) is 15.5. The van der Waals surface area contributed by atoms with Gasteiger partial charge in [0.15, 0.2) is 5.60 Å². The summed E-state index contributed by atoms with van der Waals surface area (Å²) >= 11 is 0. The van der Waals surface area contributed by atoms with Gasteiger partial charge in [-0.2, -0.15) is 5.10 Å². The molecule has 9 nitrogen and oxygen atoms in total. The van der Waals surface area contributed by atoms with Crippen molar-refractivity contribution in [3.05, 3.63) is 131 Å². The fourth-order valence-corrected chi connectivity index (χ4v) is 11.7. The summed E-state index contributed by atoms with van der Waals surface area (Å²) in [6.07, 6.45) is 0.556. The second kappa shape index (κ2) is 14.0. The van der Waals surface area contributed by atoms with E-state index in [1.54, 1.807) is 22.9 Å². The van der Waals surface area contributed by atoms with E-state index >= 15 is 4.11 Å². The fraction of sp³-hybridized carbons (Fsp3) is 0.349. The van der Waals surface area contributed by atoms with Gasteiger partial charge >= 0.3 is 0 Å². The van der Waals surface area contributed by atoms with Crippen molar-refractivity contribution in [2.45, 2.75) is 82.1 Å². The van der Waals surface area contributed by atoms with Crippen molar-refractivity contribution in [3.8, 4) is 0 Å². The average molecular weight is 745 g/mol. The number of anilines is 2. The van der Waals surface area contributed by atoms with Crippen molar-refractivity contribution in [3.63, 3.8) is 0 Å². The number of aliphatic hydroxyl groups is 1. The number of carbonyl (C=O) groups excluding carboxylic acids is 3. The van der Waals surface area contributed by atoms with Gasteiger partial charge in [-0.25, -0.2) is 5.01 Å². The zero-order chi connectivity index (χ0) is 37.8. The number of amides is 3. The molecule has 0 radical (unpaired) electrons. The van der Waals surface area contributed by atoms with Crippen LogP contribution in [0.15, 0.2) is 108 Å². The van der Waals surface area contributed by atoms with Gasteiger partial charge < -0.3 is 23.8 Å². The topological polar surface area (TPSA) is 103 Å². The highest BCUT2D eigenvalue weighted by molar-refractivity contribution is 6.72. The minimum atomic E-state index is -3.50. The van der Waals surface area contributed by atoms with E-state index in [1.807, 2.05) is 110 Å². The third-order valence-corrected chi connectivity index (χ3v) is 14.2. The van der Waals surface area contributed by atoms with Gasteiger partial charge in [-0.05, 0) is 60.0 Å². The minimum absolute atomic E-state index is 0.0840. The molecule has 0 unspecified atom stereocenters. The van der Waals surface area contributed by atoms with E-state index in [2.05, 4.69) is 0 Å². The first-order chi connectivity index (χ1) is 26.0. The van der Waals surface area contributed by atoms with Crippen LogP contribution in [0.4, 0.5) is 15.5 Å². The first kappa shape index (κ1) is 36.0. The van der Waals surface area contributed by atoms with Crippen LogP contribution >= 0.6 is 0 Å². The fourth-order valence-electron chi connectivity index (χ4n) is 9.21. The predicted molar refractivity (Wildman–Crippen MR) is 208 cm³/mol. The normalized spacial score (nSPS) is 25.2. The third-order valence-electron chi connectivity index (χ3n) is 11.8. The molecule has 54 heavy (non-hydrogen) atoms. The van der Waals surface area contributed by atoms with Crippen LogP contribution in [-0.2, 0) is 44.2 Å². The van der Waals surface area contributed by atoms with Crippen molar-refractivity contribution in [1.82, 2.24) is 4.90 Å². The maximum atomic E-state index is 16.5. The molecular weight excluding hydrogens is 700 g/mol. The lowest BCUT2D eigenvalue weighted by atomic mass is 9.82. The van der Waals surface area contributed by atoms with Crippen LogP contribution in [0.3, 0.4) is 0 Å². The van der Waals surface area contributed by atoms with E-state index in [4.69, 9.17) is 9.84 Å². The number of halogens is 1. The Bertz CT molecular complexity index is 2120.